The van der Waals surface area contributed by atoms with Gasteiger partial charge in [0.2, 0.25) is 0 Å². The third-order valence-corrected chi connectivity index (χ3v) is 6.70. The molecular formula is C13H26N2O2S. The average Bonchev–Trinajstić information content (AvgIpc) is 2.66. The molecule has 18 heavy (non-hydrogen) atoms. The standard InChI is InChI=1S/C13H26N2O2S/c1-11(2)12-3-6-15(7-4-12)13(9-14)5-8-18(16,17)10-13/h11-12H,3-10,14H2,1-2H3. The highest BCUT2D eigenvalue weighted by atomic mass is 32.2. The summed E-state index contributed by atoms with van der Waals surface area (Å²) < 4.78 is 23.5. The molecule has 2 heterocycles. The lowest BCUT2D eigenvalue weighted by Gasteiger charge is -2.44. The first-order chi connectivity index (χ1) is 8.38. The lowest BCUT2D eigenvalue weighted by Crippen LogP contribution is -2.57. The zero-order valence-corrected chi connectivity index (χ0v) is 12.4. The maximum atomic E-state index is 11.7. The van der Waals surface area contributed by atoms with E-state index >= 15 is 0 Å². The van der Waals surface area contributed by atoms with Gasteiger partial charge in [-0.05, 0) is 44.2 Å². The molecule has 2 aliphatic rings. The monoisotopic (exact) mass is 274 g/mol. The van der Waals surface area contributed by atoms with Gasteiger partial charge < -0.3 is 5.73 Å². The Hall–Kier alpha value is -0.130. The molecule has 0 aromatic rings. The highest BCUT2D eigenvalue weighted by Gasteiger charge is 2.46. The van der Waals surface area contributed by atoms with Gasteiger partial charge in [0.25, 0.3) is 0 Å². The van der Waals surface area contributed by atoms with Crippen LogP contribution in [0.4, 0.5) is 0 Å². The van der Waals surface area contributed by atoms with Crippen LogP contribution in [-0.4, -0.2) is 50.0 Å². The van der Waals surface area contributed by atoms with Gasteiger partial charge in [0.1, 0.15) is 0 Å². The second kappa shape index (κ2) is 5.10. The van der Waals surface area contributed by atoms with Crippen molar-refractivity contribution in [1.82, 2.24) is 4.90 Å². The predicted molar refractivity (Wildman–Crippen MR) is 74.2 cm³/mol. The number of likely N-dealkylation sites (tertiary alicyclic amines) is 1. The van der Waals surface area contributed by atoms with E-state index in [9.17, 15) is 8.42 Å². The van der Waals surface area contributed by atoms with Gasteiger partial charge >= 0.3 is 0 Å². The fraction of sp³-hybridized carbons (Fsp3) is 1.00. The molecule has 0 radical (unpaired) electrons. The van der Waals surface area contributed by atoms with E-state index in [1.165, 1.54) is 12.8 Å². The molecule has 2 fully saturated rings. The van der Waals surface area contributed by atoms with Crippen LogP contribution >= 0.6 is 0 Å². The zero-order valence-electron chi connectivity index (χ0n) is 11.6. The normalized spacial score (nSPS) is 34.2. The molecule has 1 atom stereocenters. The van der Waals surface area contributed by atoms with E-state index in [1.54, 1.807) is 0 Å². The molecule has 4 nitrogen and oxygen atoms in total. The Bertz CT molecular complexity index is 386. The van der Waals surface area contributed by atoms with Crippen LogP contribution in [0, 0.1) is 11.8 Å². The molecule has 2 aliphatic heterocycles. The summed E-state index contributed by atoms with van der Waals surface area (Å²) in [5.41, 5.74) is 5.65. The van der Waals surface area contributed by atoms with Gasteiger partial charge in [-0.15, -0.1) is 0 Å². The second-order valence-corrected chi connectivity index (χ2v) is 8.52. The highest BCUT2D eigenvalue weighted by Crippen LogP contribution is 2.34. The second-order valence-electron chi connectivity index (χ2n) is 6.34. The molecule has 0 aliphatic carbocycles. The van der Waals surface area contributed by atoms with Gasteiger partial charge in [-0.2, -0.15) is 0 Å². The molecule has 2 saturated heterocycles. The molecular weight excluding hydrogens is 248 g/mol. The number of rotatable bonds is 3. The average molecular weight is 274 g/mol. The molecule has 0 spiro atoms. The van der Waals surface area contributed by atoms with Crippen LogP contribution in [0.5, 0.6) is 0 Å². The van der Waals surface area contributed by atoms with E-state index in [-0.39, 0.29) is 11.3 Å². The molecule has 2 rings (SSSR count). The number of hydrogen-bond donors (Lipinski definition) is 1. The van der Waals surface area contributed by atoms with Crippen molar-refractivity contribution in [3.8, 4) is 0 Å². The third kappa shape index (κ3) is 2.73. The van der Waals surface area contributed by atoms with Crippen molar-refractivity contribution in [1.29, 1.82) is 0 Å². The number of nitrogens with zero attached hydrogens (tertiary/aromatic N) is 1. The first kappa shape index (κ1) is 14.3. The molecule has 2 N–H and O–H groups in total. The summed E-state index contributed by atoms with van der Waals surface area (Å²) in [7, 11) is -2.87. The maximum Gasteiger partial charge on any atom is 0.152 e. The Kier molecular flexibility index (Phi) is 4.04. The Morgan fingerprint density at radius 3 is 2.33 bits per heavy atom. The fourth-order valence-electron chi connectivity index (χ4n) is 3.48. The van der Waals surface area contributed by atoms with Gasteiger partial charge in [-0.3, -0.25) is 4.90 Å². The maximum absolute atomic E-state index is 11.7. The van der Waals surface area contributed by atoms with Crippen molar-refractivity contribution >= 4 is 9.84 Å². The lowest BCUT2D eigenvalue weighted by molar-refractivity contribution is 0.0618. The SMILES string of the molecule is CC(C)C1CCN(C2(CN)CCS(=O)(=O)C2)CC1. The molecule has 0 bridgehead atoms. The van der Waals surface area contributed by atoms with Crippen LogP contribution in [0.15, 0.2) is 0 Å². The molecule has 0 aromatic carbocycles. The van der Waals surface area contributed by atoms with Crippen LogP contribution in [0.3, 0.4) is 0 Å². The van der Waals surface area contributed by atoms with Gasteiger partial charge in [0.15, 0.2) is 9.84 Å². The Balaban J connectivity index is 2.04. The Morgan fingerprint density at radius 1 is 1.33 bits per heavy atom. The summed E-state index contributed by atoms with van der Waals surface area (Å²) >= 11 is 0. The molecule has 5 heteroatoms. The van der Waals surface area contributed by atoms with Crippen LogP contribution in [0.25, 0.3) is 0 Å². The largest absolute Gasteiger partial charge is 0.329 e. The van der Waals surface area contributed by atoms with Crippen molar-refractivity contribution in [2.75, 3.05) is 31.1 Å². The molecule has 0 amide bonds. The predicted octanol–water partition coefficient (Wildman–Crippen LogP) is 0.870. The Labute approximate surface area is 111 Å². The van der Waals surface area contributed by atoms with Gasteiger partial charge in [0.05, 0.1) is 11.5 Å². The summed E-state index contributed by atoms with van der Waals surface area (Å²) in [6.07, 6.45) is 3.08. The zero-order chi connectivity index (χ0) is 13.4. The number of piperidine rings is 1. The van der Waals surface area contributed by atoms with E-state index in [4.69, 9.17) is 5.73 Å². The number of hydrogen-bond acceptors (Lipinski definition) is 4. The Morgan fingerprint density at radius 2 is 1.94 bits per heavy atom. The molecule has 106 valence electrons. The molecule has 1 unspecified atom stereocenters. The van der Waals surface area contributed by atoms with Gasteiger partial charge in [0, 0.05) is 12.1 Å². The summed E-state index contributed by atoms with van der Waals surface area (Å²) in [4.78, 5) is 2.36. The minimum atomic E-state index is -2.87. The lowest BCUT2D eigenvalue weighted by atomic mass is 9.84. The van der Waals surface area contributed by atoms with Crippen LogP contribution in [-0.2, 0) is 9.84 Å². The molecule has 0 aromatic heterocycles. The quantitative estimate of drug-likeness (QED) is 0.829. The van der Waals surface area contributed by atoms with Crippen molar-refractivity contribution in [2.24, 2.45) is 17.6 Å². The van der Waals surface area contributed by atoms with Crippen molar-refractivity contribution < 1.29 is 8.42 Å². The first-order valence-corrected chi connectivity index (χ1v) is 8.86. The summed E-state index contributed by atoms with van der Waals surface area (Å²) in [6, 6.07) is 0. The summed E-state index contributed by atoms with van der Waals surface area (Å²) in [5, 5.41) is 0. The van der Waals surface area contributed by atoms with Crippen LogP contribution in [0.1, 0.15) is 33.1 Å². The molecule has 0 saturated carbocycles. The topological polar surface area (TPSA) is 63.4 Å². The van der Waals surface area contributed by atoms with Crippen molar-refractivity contribution in [3.05, 3.63) is 0 Å². The summed E-state index contributed by atoms with van der Waals surface area (Å²) in [5.74, 6) is 2.10. The van der Waals surface area contributed by atoms with Crippen molar-refractivity contribution in [2.45, 2.75) is 38.6 Å². The number of sulfone groups is 1. The van der Waals surface area contributed by atoms with Crippen LogP contribution < -0.4 is 5.73 Å². The fourth-order valence-corrected chi connectivity index (χ4v) is 5.58. The first-order valence-electron chi connectivity index (χ1n) is 7.04. The minimum Gasteiger partial charge on any atom is -0.329 e. The van der Waals surface area contributed by atoms with E-state index < -0.39 is 9.84 Å². The van der Waals surface area contributed by atoms with E-state index in [1.807, 2.05) is 0 Å². The number of nitrogens with two attached hydrogens (primary N) is 1. The van der Waals surface area contributed by atoms with E-state index in [0.29, 0.717) is 12.3 Å². The summed E-state index contributed by atoms with van der Waals surface area (Å²) in [6.45, 7) is 7.04. The minimum absolute atomic E-state index is 0.263. The highest BCUT2D eigenvalue weighted by molar-refractivity contribution is 7.91. The van der Waals surface area contributed by atoms with Gasteiger partial charge in [-0.25, -0.2) is 8.42 Å². The smallest absolute Gasteiger partial charge is 0.152 e. The van der Waals surface area contributed by atoms with E-state index in [2.05, 4.69) is 18.7 Å². The van der Waals surface area contributed by atoms with Crippen LogP contribution in [0.2, 0.25) is 0 Å². The van der Waals surface area contributed by atoms with Gasteiger partial charge in [-0.1, -0.05) is 13.8 Å². The third-order valence-electron chi connectivity index (χ3n) is 4.90. The van der Waals surface area contributed by atoms with Crippen molar-refractivity contribution in [3.63, 3.8) is 0 Å². The van der Waals surface area contributed by atoms with E-state index in [0.717, 1.165) is 31.3 Å².